The SMILES string of the molecule is O=C(O)C1(Cn2nnnc2-c2ccco2)CCCCC1. The maximum absolute atomic E-state index is 11.7. The summed E-state index contributed by atoms with van der Waals surface area (Å²) in [6.07, 6.45) is 5.84. The van der Waals surface area contributed by atoms with Gasteiger partial charge in [-0.3, -0.25) is 4.79 Å². The predicted octanol–water partition coefficient (Wildman–Crippen LogP) is 1.97. The molecule has 0 unspecified atom stereocenters. The molecule has 0 amide bonds. The predicted molar refractivity (Wildman–Crippen MR) is 68.7 cm³/mol. The molecule has 1 N–H and O–H groups in total. The van der Waals surface area contributed by atoms with Crippen LogP contribution in [0.2, 0.25) is 0 Å². The van der Waals surface area contributed by atoms with Crippen molar-refractivity contribution in [3.05, 3.63) is 18.4 Å². The Kier molecular flexibility index (Phi) is 3.25. The summed E-state index contributed by atoms with van der Waals surface area (Å²) in [5.41, 5.74) is -0.769. The fourth-order valence-electron chi connectivity index (χ4n) is 2.85. The third kappa shape index (κ3) is 2.19. The van der Waals surface area contributed by atoms with E-state index in [2.05, 4.69) is 15.5 Å². The summed E-state index contributed by atoms with van der Waals surface area (Å²) in [5.74, 6) is 0.255. The van der Waals surface area contributed by atoms with Crippen molar-refractivity contribution in [2.45, 2.75) is 38.6 Å². The highest BCUT2D eigenvalue weighted by Gasteiger charge is 2.41. The fraction of sp³-hybridized carbons (Fsp3) is 0.538. The molecule has 1 aliphatic rings. The summed E-state index contributed by atoms with van der Waals surface area (Å²) in [6, 6.07) is 3.51. The monoisotopic (exact) mass is 276 g/mol. The molecule has 0 aromatic carbocycles. The highest BCUT2D eigenvalue weighted by Crippen LogP contribution is 2.38. The zero-order valence-corrected chi connectivity index (χ0v) is 11.0. The van der Waals surface area contributed by atoms with Gasteiger partial charge in [0.15, 0.2) is 5.76 Å². The normalized spacial score (nSPS) is 18.0. The van der Waals surface area contributed by atoms with Crippen LogP contribution in [0.15, 0.2) is 22.8 Å². The number of tetrazole rings is 1. The first kappa shape index (κ1) is 12.8. The van der Waals surface area contributed by atoms with Crippen molar-refractivity contribution in [2.75, 3.05) is 0 Å². The van der Waals surface area contributed by atoms with Gasteiger partial charge < -0.3 is 9.52 Å². The molecule has 0 aliphatic heterocycles. The number of rotatable bonds is 4. The molecular formula is C13H16N4O3. The van der Waals surface area contributed by atoms with Gasteiger partial charge in [-0.1, -0.05) is 19.3 Å². The van der Waals surface area contributed by atoms with Crippen LogP contribution in [0.25, 0.3) is 11.6 Å². The van der Waals surface area contributed by atoms with Crippen molar-refractivity contribution in [3.63, 3.8) is 0 Å². The molecule has 0 bridgehead atoms. The molecule has 106 valence electrons. The number of furan rings is 1. The molecule has 0 spiro atoms. The van der Waals surface area contributed by atoms with Crippen LogP contribution in [0.4, 0.5) is 0 Å². The molecule has 1 saturated carbocycles. The number of carboxylic acid groups (broad SMARTS) is 1. The summed E-state index contributed by atoms with van der Waals surface area (Å²) < 4.78 is 6.83. The van der Waals surface area contributed by atoms with Gasteiger partial charge in [0.1, 0.15) is 0 Å². The number of hydrogen-bond acceptors (Lipinski definition) is 5. The van der Waals surface area contributed by atoms with E-state index in [1.807, 2.05) is 0 Å². The van der Waals surface area contributed by atoms with Gasteiger partial charge >= 0.3 is 5.97 Å². The Morgan fingerprint density at radius 1 is 1.40 bits per heavy atom. The number of carboxylic acids is 1. The lowest BCUT2D eigenvalue weighted by Gasteiger charge is -2.32. The summed E-state index contributed by atoms with van der Waals surface area (Å²) in [4.78, 5) is 11.7. The number of nitrogens with zero attached hydrogens (tertiary/aromatic N) is 4. The Bertz CT molecular complexity index is 585. The molecule has 7 nitrogen and oxygen atoms in total. The van der Waals surface area contributed by atoms with E-state index in [1.54, 1.807) is 18.4 Å². The van der Waals surface area contributed by atoms with Crippen LogP contribution < -0.4 is 0 Å². The second-order valence-corrected chi connectivity index (χ2v) is 5.28. The minimum absolute atomic E-state index is 0.283. The van der Waals surface area contributed by atoms with E-state index in [0.29, 0.717) is 24.4 Å². The van der Waals surface area contributed by atoms with Gasteiger partial charge in [-0.15, -0.1) is 5.10 Å². The van der Waals surface area contributed by atoms with Crippen LogP contribution >= 0.6 is 0 Å². The Balaban J connectivity index is 1.90. The second kappa shape index (κ2) is 5.07. The van der Waals surface area contributed by atoms with Gasteiger partial charge in [0.2, 0.25) is 5.82 Å². The van der Waals surface area contributed by atoms with Crippen LogP contribution in [-0.2, 0) is 11.3 Å². The van der Waals surface area contributed by atoms with Crippen LogP contribution in [0.3, 0.4) is 0 Å². The van der Waals surface area contributed by atoms with E-state index in [4.69, 9.17) is 4.42 Å². The van der Waals surface area contributed by atoms with Crippen molar-refractivity contribution < 1.29 is 14.3 Å². The topological polar surface area (TPSA) is 94.0 Å². The van der Waals surface area contributed by atoms with Crippen LogP contribution in [0.5, 0.6) is 0 Å². The first-order valence-electron chi connectivity index (χ1n) is 6.75. The van der Waals surface area contributed by atoms with E-state index in [-0.39, 0.29) is 6.54 Å². The second-order valence-electron chi connectivity index (χ2n) is 5.28. The van der Waals surface area contributed by atoms with Crippen LogP contribution in [0.1, 0.15) is 32.1 Å². The molecule has 1 aliphatic carbocycles. The smallest absolute Gasteiger partial charge is 0.311 e. The molecule has 0 radical (unpaired) electrons. The average molecular weight is 276 g/mol. The third-order valence-corrected chi connectivity index (χ3v) is 3.99. The minimum atomic E-state index is -0.769. The molecule has 2 aromatic heterocycles. The van der Waals surface area contributed by atoms with Crippen LogP contribution in [-0.4, -0.2) is 31.3 Å². The minimum Gasteiger partial charge on any atom is -0.481 e. The van der Waals surface area contributed by atoms with Gasteiger partial charge in [0.25, 0.3) is 0 Å². The molecule has 0 saturated heterocycles. The zero-order valence-electron chi connectivity index (χ0n) is 11.0. The molecule has 20 heavy (non-hydrogen) atoms. The quantitative estimate of drug-likeness (QED) is 0.917. The molecule has 0 atom stereocenters. The highest BCUT2D eigenvalue weighted by molar-refractivity contribution is 5.74. The highest BCUT2D eigenvalue weighted by atomic mass is 16.4. The van der Waals surface area contributed by atoms with Gasteiger partial charge in [0.05, 0.1) is 18.2 Å². The van der Waals surface area contributed by atoms with E-state index >= 15 is 0 Å². The van der Waals surface area contributed by atoms with E-state index in [9.17, 15) is 9.90 Å². The number of aliphatic carboxylic acids is 1. The Morgan fingerprint density at radius 2 is 2.20 bits per heavy atom. The maximum Gasteiger partial charge on any atom is 0.311 e. The molecule has 2 aromatic rings. The van der Waals surface area contributed by atoms with Gasteiger partial charge in [0, 0.05) is 0 Å². The Hall–Kier alpha value is -2.18. The van der Waals surface area contributed by atoms with Gasteiger partial charge in [-0.05, 0) is 35.4 Å². The van der Waals surface area contributed by atoms with Crippen molar-refractivity contribution in [2.24, 2.45) is 5.41 Å². The van der Waals surface area contributed by atoms with E-state index in [0.717, 1.165) is 19.3 Å². The molecule has 2 heterocycles. The molecular weight excluding hydrogens is 260 g/mol. The van der Waals surface area contributed by atoms with E-state index in [1.165, 1.54) is 4.68 Å². The molecule has 3 rings (SSSR count). The standard InChI is InChI=1S/C13H16N4O3/c18-12(19)13(6-2-1-3-7-13)9-17-11(14-15-16-17)10-5-4-8-20-10/h4-5,8H,1-3,6-7,9H2,(H,18,19). The lowest BCUT2D eigenvalue weighted by Crippen LogP contribution is -2.38. The Labute approximate surface area is 115 Å². The number of hydrogen-bond donors (Lipinski definition) is 1. The molecule has 7 heteroatoms. The van der Waals surface area contributed by atoms with Crippen molar-refractivity contribution in [1.29, 1.82) is 0 Å². The fourth-order valence-corrected chi connectivity index (χ4v) is 2.85. The van der Waals surface area contributed by atoms with Crippen LogP contribution in [0, 0.1) is 5.41 Å². The summed E-state index contributed by atoms with van der Waals surface area (Å²) in [6.45, 7) is 0.283. The average Bonchev–Trinajstić information content (AvgIpc) is 3.10. The van der Waals surface area contributed by atoms with E-state index < -0.39 is 11.4 Å². The summed E-state index contributed by atoms with van der Waals surface area (Å²) in [5, 5.41) is 21.1. The lowest BCUT2D eigenvalue weighted by molar-refractivity contribution is -0.152. The third-order valence-electron chi connectivity index (χ3n) is 3.99. The first-order chi connectivity index (χ1) is 9.71. The van der Waals surface area contributed by atoms with Gasteiger partial charge in [-0.2, -0.15) is 0 Å². The summed E-state index contributed by atoms with van der Waals surface area (Å²) in [7, 11) is 0. The summed E-state index contributed by atoms with van der Waals surface area (Å²) >= 11 is 0. The Morgan fingerprint density at radius 3 is 2.85 bits per heavy atom. The van der Waals surface area contributed by atoms with Crippen molar-refractivity contribution >= 4 is 5.97 Å². The lowest BCUT2D eigenvalue weighted by atomic mass is 9.74. The largest absolute Gasteiger partial charge is 0.481 e. The molecule has 1 fully saturated rings. The van der Waals surface area contributed by atoms with Gasteiger partial charge in [-0.25, -0.2) is 4.68 Å². The zero-order chi connectivity index (χ0) is 14.0. The number of aromatic nitrogens is 4. The maximum atomic E-state index is 11.7. The van der Waals surface area contributed by atoms with Crippen molar-refractivity contribution in [1.82, 2.24) is 20.2 Å². The number of carbonyl (C=O) groups is 1. The van der Waals surface area contributed by atoms with Crippen molar-refractivity contribution in [3.8, 4) is 11.6 Å². The first-order valence-corrected chi connectivity index (χ1v) is 6.75.